The van der Waals surface area contributed by atoms with E-state index < -0.39 is 0 Å². The van der Waals surface area contributed by atoms with Gasteiger partial charge in [-0.1, -0.05) is 11.6 Å². The van der Waals surface area contributed by atoms with E-state index in [2.05, 4.69) is 25.2 Å². The van der Waals surface area contributed by atoms with E-state index in [0.29, 0.717) is 5.92 Å². The van der Waals surface area contributed by atoms with E-state index in [4.69, 9.17) is 11.6 Å². The van der Waals surface area contributed by atoms with Crippen LogP contribution in [0.3, 0.4) is 0 Å². The molecule has 1 aliphatic heterocycles. The minimum Gasteiger partial charge on any atom is -0.310 e. The van der Waals surface area contributed by atoms with Gasteiger partial charge in [-0.25, -0.2) is 0 Å². The third-order valence-corrected chi connectivity index (χ3v) is 3.92. The summed E-state index contributed by atoms with van der Waals surface area (Å²) in [5.41, 5.74) is 0.258. The van der Waals surface area contributed by atoms with E-state index in [1.165, 1.54) is 4.88 Å². The highest BCUT2D eigenvalue weighted by molar-refractivity contribution is 7.16. The van der Waals surface area contributed by atoms with Crippen LogP contribution in [0.2, 0.25) is 4.34 Å². The summed E-state index contributed by atoms with van der Waals surface area (Å²) in [5, 5.41) is 3.41. The molecule has 1 saturated heterocycles. The van der Waals surface area contributed by atoms with Crippen molar-refractivity contribution in [1.29, 1.82) is 0 Å². The number of hydrogen-bond acceptors (Lipinski definition) is 2. The summed E-state index contributed by atoms with van der Waals surface area (Å²) in [6, 6.07) is 4.12. The fourth-order valence-electron chi connectivity index (χ4n) is 1.58. The summed E-state index contributed by atoms with van der Waals surface area (Å²) in [7, 11) is 0. The first-order valence-electron chi connectivity index (χ1n) is 4.10. The minimum absolute atomic E-state index is 0.258. The monoisotopic (exact) mass is 201 g/mol. The lowest BCUT2D eigenvalue weighted by Crippen LogP contribution is -2.59. The fourth-order valence-corrected chi connectivity index (χ4v) is 2.93. The van der Waals surface area contributed by atoms with Crippen molar-refractivity contribution in [3.8, 4) is 0 Å². The maximum atomic E-state index is 5.88. The Bertz CT molecular complexity index is 292. The van der Waals surface area contributed by atoms with Gasteiger partial charge in [0.25, 0.3) is 0 Å². The highest BCUT2D eigenvalue weighted by Crippen LogP contribution is 2.39. The van der Waals surface area contributed by atoms with Gasteiger partial charge in [-0.2, -0.15) is 0 Å². The van der Waals surface area contributed by atoms with E-state index in [1.54, 1.807) is 11.3 Å². The average molecular weight is 202 g/mol. The standard InChI is InChI=1S/C9H12ClNS/c1-9(2)6(5-11-9)7-3-4-8(10)12-7/h3-4,6,11H,5H2,1-2H3. The highest BCUT2D eigenvalue weighted by atomic mass is 35.5. The fraction of sp³-hybridized carbons (Fsp3) is 0.556. The molecule has 1 unspecified atom stereocenters. The third kappa shape index (κ3) is 1.28. The molecule has 0 aliphatic carbocycles. The van der Waals surface area contributed by atoms with Gasteiger partial charge < -0.3 is 5.32 Å². The lowest BCUT2D eigenvalue weighted by Gasteiger charge is -2.45. The van der Waals surface area contributed by atoms with Crippen molar-refractivity contribution in [2.24, 2.45) is 0 Å². The van der Waals surface area contributed by atoms with Gasteiger partial charge in [-0.3, -0.25) is 0 Å². The van der Waals surface area contributed by atoms with Crippen LogP contribution in [0, 0.1) is 0 Å². The second-order valence-corrected chi connectivity index (χ2v) is 5.54. The normalized spacial score (nSPS) is 26.8. The molecule has 3 heteroatoms. The first-order chi connectivity index (χ1) is 5.59. The molecule has 1 aromatic heterocycles. The van der Waals surface area contributed by atoms with Crippen molar-refractivity contribution in [2.45, 2.75) is 25.3 Å². The van der Waals surface area contributed by atoms with Crippen molar-refractivity contribution >= 4 is 22.9 Å². The van der Waals surface area contributed by atoms with Crippen molar-refractivity contribution in [2.75, 3.05) is 6.54 Å². The van der Waals surface area contributed by atoms with Crippen LogP contribution in [0.15, 0.2) is 12.1 Å². The highest BCUT2D eigenvalue weighted by Gasteiger charge is 2.39. The van der Waals surface area contributed by atoms with Crippen LogP contribution >= 0.6 is 22.9 Å². The van der Waals surface area contributed by atoms with E-state index in [9.17, 15) is 0 Å². The van der Waals surface area contributed by atoms with Crippen LogP contribution in [-0.4, -0.2) is 12.1 Å². The zero-order chi connectivity index (χ0) is 8.77. The number of hydrogen-bond donors (Lipinski definition) is 1. The molecule has 0 saturated carbocycles. The molecule has 1 nitrogen and oxygen atoms in total. The van der Waals surface area contributed by atoms with Crippen molar-refractivity contribution in [3.63, 3.8) is 0 Å². The van der Waals surface area contributed by atoms with E-state index in [1.807, 2.05) is 6.07 Å². The van der Waals surface area contributed by atoms with E-state index in [-0.39, 0.29) is 5.54 Å². The van der Waals surface area contributed by atoms with Crippen LogP contribution in [0.5, 0.6) is 0 Å². The number of rotatable bonds is 1. The first kappa shape index (κ1) is 8.54. The Kier molecular flexibility index (Phi) is 1.94. The Hall–Kier alpha value is -0.0500. The Morgan fingerprint density at radius 2 is 2.33 bits per heavy atom. The van der Waals surface area contributed by atoms with Crippen LogP contribution in [0.1, 0.15) is 24.6 Å². The molecule has 1 atom stereocenters. The second-order valence-electron chi connectivity index (χ2n) is 3.80. The third-order valence-electron chi connectivity index (χ3n) is 2.57. The molecular weight excluding hydrogens is 190 g/mol. The first-order valence-corrected chi connectivity index (χ1v) is 5.29. The van der Waals surface area contributed by atoms with Gasteiger partial charge in [0.1, 0.15) is 0 Å². The summed E-state index contributed by atoms with van der Waals surface area (Å²) in [5.74, 6) is 0.648. The summed E-state index contributed by atoms with van der Waals surface area (Å²) in [6.45, 7) is 5.55. The molecule has 0 amide bonds. The Labute approximate surface area is 81.7 Å². The van der Waals surface area contributed by atoms with Gasteiger partial charge >= 0.3 is 0 Å². The number of thiophene rings is 1. The van der Waals surface area contributed by atoms with Gasteiger partial charge in [-0.05, 0) is 26.0 Å². The lowest BCUT2D eigenvalue weighted by atomic mass is 9.79. The van der Waals surface area contributed by atoms with Crippen LogP contribution < -0.4 is 5.32 Å². The molecule has 1 fully saturated rings. The van der Waals surface area contributed by atoms with Crippen molar-refractivity contribution in [1.82, 2.24) is 5.32 Å². The number of nitrogens with one attached hydrogen (secondary N) is 1. The lowest BCUT2D eigenvalue weighted by molar-refractivity contribution is 0.211. The predicted octanol–water partition coefficient (Wildman–Crippen LogP) is 2.87. The van der Waals surface area contributed by atoms with Crippen LogP contribution in [-0.2, 0) is 0 Å². The molecule has 66 valence electrons. The molecule has 2 rings (SSSR count). The van der Waals surface area contributed by atoms with Crippen molar-refractivity contribution in [3.05, 3.63) is 21.3 Å². The second kappa shape index (κ2) is 2.72. The molecule has 2 heterocycles. The molecule has 12 heavy (non-hydrogen) atoms. The van der Waals surface area contributed by atoms with Gasteiger partial charge in [0.05, 0.1) is 4.34 Å². The summed E-state index contributed by atoms with van der Waals surface area (Å²) in [4.78, 5) is 1.41. The average Bonchev–Trinajstić information content (AvgIpc) is 2.34. The molecule has 0 radical (unpaired) electrons. The largest absolute Gasteiger partial charge is 0.310 e. The topological polar surface area (TPSA) is 12.0 Å². The van der Waals surface area contributed by atoms with Crippen molar-refractivity contribution < 1.29 is 0 Å². The van der Waals surface area contributed by atoms with Crippen LogP contribution in [0.4, 0.5) is 0 Å². The van der Waals surface area contributed by atoms with Crippen LogP contribution in [0.25, 0.3) is 0 Å². The molecule has 1 aliphatic rings. The van der Waals surface area contributed by atoms with E-state index >= 15 is 0 Å². The van der Waals surface area contributed by atoms with Gasteiger partial charge in [0.15, 0.2) is 0 Å². The Morgan fingerprint density at radius 1 is 1.58 bits per heavy atom. The minimum atomic E-state index is 0.258. The smallest absolute Gasteiger partial charge is 0.0931 e. The molecule has 0 aromatic carbocycles. The molecule has 1 aromatic rings. The predicted molar refractivity (Wildman–Crippen MR) is 54.2 cm³/mol. The molecule has 0 bridgehead atoms. The Balaban J connectivity index is 2.21. The zero-order valence-corrected chi connectivity index (χ0v) is 8.80. The SMILES string of the molecule is CC1(C)NCC1c1ccc(Cl)s1. The summed E-state index contributed by atoms with van der Waals surface area (Å²) < 4.78 is 0.896. The molecule has 0 spiro atoms. The maximum Gasteiger partial charge on any atom is 0.0931 e. The molecule has 1 N–H and O–H groups in total. The molecular formula is C9H12ClNS. The number of halogens is 1. The van der Waals surface area contributed by atoms with Gasteiger partial charge in [0, 0.05) is 22.9 Å². The maximum absolute atomic E-state index is 5.88. The Morgan fingerprint density at radius 3 is 2.67 bits per heavy atom. The van der Waals surface area contributed by atoms with Gasteiger partial charge in [0.2, 0.25) is 0 Å². The van der Waals surface area contributed by atoms with Gasteiger partial charge in [-0.15, -0.1) is 11.3 Å². The zero-order valence-electron chi connectivity index (χ0n) is 7.23. The summed E-state index contributed by atoms with van der Waals surface area (Å²) in [6.07, 6.45) is 0. The summed E-state index contributed by atoms with van der Waals surface area (Å²) >= 11 is 7.58. The quantitative estimate of drug-likeness (QED) is 0.737. The van der Waals surface area contributed by atoms with E-state index in [0.717, 1.165) is 10.9 Å².